The van der Waals surface area contributed by atoms with Crippen molar-refractivity contribution in [3.63, 3.8) is 0 Å². The molecule has 2 heterocycles. The number of rotatable bonds is 7. The first-order chi connectivity index (χ1) is 11.8. The van der Waals surface area contributed by atoms with Gasteiger partial charge in [-0.2, -0.15) is 0 Å². The molecular weight excluding hydrogens is 369 g/mol. The predicted molar refractivity (Wildman–Crippen MR) is 112 cm³/mol. The third-order valence-electron chi connectivity index (χ3n) is 4.40. The normalized spacial score (nSPS) is 14.2. The number of ether oxygens (including phenoxy) is 1. The molecule has 0 unspecified atom stereocenters. The predicted octanol–water partition coefficient (Wildman–Crippen LogP) is 3.65. The second-order valence-electron chi connectivity index (χ2n) is 6.43. The van der Waals surface area contributed by atoms with Gasteiger partial charge < -0.3 is 10.1 Å². The molecule has 0 aliphatic carbocycles. The summed E-state index contributed by atoms with van der Waals surface area (Å²) in [5, 5.41) is 3.40. The van der Waals surface area contributed by atoms with Gasteiger partial charge in [-0.1, -0.05) is 24.3 Å². The number of nitrogens with one attached hydrogen (secondary N) is 1. The van der Waals surface area contributed by atoms with E-state index in [1.807, 2.05) is 19.1 Å². The van der Waals surface area contributed by atoms with E-state index in [9.17, 15) is 0 Å². The summed E-state index contributed by atoms with van der Waals surface area (Å²) in [6.07, 6.45) is 3.86. The molecule has 1 aromatic carbocycles. The highest BCUT2D eigenvalue weighted by Crippen LogP contribution is 2.12. The fourth-order valence-corrected chi connectivity index (χ4v) is 2.94. The number of nitrogens with zero attached hydrogens (tertiary/aromatic N) is 2. The molecule has 0 radical (unpaired) electrons. The minimum Gasteiger partial charge on any atom is -0.492 e. The van der Waals surface area contributed by atoms with Gasteiger partial charge in [0.05, 0.1) is 12.8 Å². The van der Waals surface area contributed by atoms with Gasteiger partial charge >= 0.3 is 0 Å². The lowest BCUT2D eigenvalue weighted by Crippen LogP contribution is -2.42. The second-order valence-corrected chi connectivity index (χ2v) is 6.43. The van der Waals surface area contributed by atoms with E-state index < -0.39 is 0 Å². The molecule has 1 saturated heterocycles. The van der Waals surface area contributed by atoms with Crippen LogP contribution in [0.2, 0.25) is 0 Å². The average Bonchev–Trinajstić information content (AvgIpc) is 2.62. The highest BCUT2D eigenvalue weighted by molar-refractivity contribution is 5.85. The van der Waals surface area contributed by atoms with Crippen LogP contribution in [-0.2, 0) is 13.0 Å². The van der Waals surface area contributed by atoms with Crippen LogP contribution >= 0.6 is 24.8 Å². The number of pyridine rings is 1. The minimum atomic E-state index is 0. The molecule has 0 amide bonds. The third kappa shape index (κ3) is 7.50. The lowest BCUT2D eigenvalue weighted by molar-refractivity contribution is 0.233. The zero-order chi connectivity index (χ0) is 16.6. The van der Waals surface area contributed by atoms with Crippen molar-refractivity contribution in [3.05, 3.63) is 59.4 Å². The summed E-state index contributed by atoms with van der Waals surface area (Å²) in [5.74, 6) is 0.854. The van der Waals surface area contributed by atoms with Crippen molar-refractivity contribution in [2.75, 3.05) is 32.8 Å². The first kappa shape index (κ1) is 22.7. The summed E-state index contributed by atoms with van der Waals surface area (Å²) in [7, 11) is 0. The van der Waals surface area contributed by atoms with Crippen molar-refractivity contribution in [2.24, 2.45) is 0 Å². The van der Waals surface area contributed by atoms with Crippen molar-refractivity contribution < 1.29 is 4.74 Å². The van der Waals surface area contributed by atoms with E-state index in [4.69, 9.17) is 4.74 Å². The number of hydrogen-bond acceptors (Lipinski definition) is 4. The van der Waals surface area contributed by atoms with E-state index in [0.29, 0.717) is 0 Å². The van der Waals surface area contributed by atoms with Crippen LogP contribution in [0.5, 0.6) is 5.75 Å². The van der Waals surface area contributed by atoms with Gasteiger partial charge in [0.25, 0.3) is 0 Å². The van der Waals surface area contributed by atoms with Crippen molar-refractivity contribution in [1.82, 2.24) is 15.2 Å². The summed E-state index contributed by atoms with van der Waals surface area (Å²) >= 11 is 0. The van der Waals surface area contributed by atoms with E-state index in [2.05, 4.69) is 39.5 Å². The molecule has 1 N–H and O–H groups in total. The molecule has 1 aromatic heterocycles. The Morgan fingerprint density at radius 3 is 2.35 bits per heavy atom. The van der Waals surface area contributed by atoms with E-state index in [1.54, 1.807) is 6.20 Å². The summed E-state index contributed by atoms with van der Waals surface area (Å²) in [6.45, 7) is 8.28. The first-order valence-corrected chi connectivity index (χ1v) is 8.86. The van der Waals surface area contributed by atoms with Crippen molar-refractivity contribution in [1.29, 1.82) is 0 Å². The molecule has 0 atom stereocenters. The van der Waals surface area contributed by atoms with Gasteiger partial charge in [0.15, 0.2) is 0 Å². The number of halogens is 2. The Morgan fingerprint density at radius 1 is 1.00 bits per heavy atom. The van der Waals surface area contributed by atoms with E-state index in [-0.39, 0.29) is 24.8 Å². The third-order valence-corrected chi connectivity index (χ3v) is 4.40. The van der Waals surface area contributed by atoms with Crippen LogP contribution in [0.1, 0.15) is 23.2 Å². The Balaban J connectivity index is 0.00000169. The molecule has 4 nitrogen and oxygen atoms in total. The summed E-state index contributed by atoms with van der Waals surface area (Å²) in [4.78, 5) is 6.75. The maximum absolute atomic E-state index is 5.73. The van der Waals surface area contributed by atoms with Gasteiger partial charge in [0.2, 0.25) is 0 Å². The second kappa shape index (κ2) is 12.1. The Labute approximate surface area is 169 Å². The van der Waals surface area contributed by atoms with Crippen LogP contribution in [-0.4, -0.2) is 42.7 Å². The topological polar surface area (TPSA) is 37.4 Å². The molecule has 6 heteroatoms. The lowest BCUT2D eigenvalue weighted by Gasteiger charge is -2.27. The zero-order valence-electron chi connectivity index (χ0n) is 15.3. The highest BCUT2D eigenvalue weighted by Gasteiger charge is 2.09. The zero-order valence-corrected chi connectivity index (χ0v) is 17.0. The van der Waals surface area contributed by atoms with E-state index in [1.165, 1.54) is 11.1 Å². The Bertz CT molecular complexity index is 614. The molecule has 1 aliphatic rings. The molecule has 0 spiro atoms. The Kier molecular flexibility index (Phi) is 10.6. The molecule has 1 aliphatic heterocycles. The SMILES string of the molecule is Cc1ccc(OCCCc2ccc(CN3CCNCC3)cc2)cn1.Cl.Cl. The molecule has 1 fully saturated rings. The van der Waals surface area contributed by atoms with Gasteiger partial charge in [-0.3, -0.25) is 9.88 Å². The summed E-state index contributed by atoms with van der Waals surface area (Å²) in [6, 6.07) is 13.0. The fraction of sp³-hybridized carbons (Fsp3) is 0.450. The van der Waals surface area contributed by atoms with E-state index in [0.717, 1.165) is 63.6 Å². The molecule has 3 rings (SSSR count). The monoisotopic (exact) mass is 397 g/mol. The molecular formula is C20H29Cl2N3O. The maximum Gasteiger partial charge on any atom is 0.137 e. The standard InChI is InChI=1S/C20H27N3O.2ClH/c1-17-4-9-20(15-22-17)24-14-2-3-18-5-7-19(8-6-18)16-23-12-10-21-11-13-23;;/h4-9,15,21H,2-3,10-14,16H2,1H3;2*1H. The van der Waals surface area contributed by atoms with Crippen LogP contribution < -0.4 is 10.1 Å². The Hall–Kier alpha value is -1.33. The number of aromatic nitrogens is 1. The first-order valence-electron chi connectivity index (χ1n) is 8.86. The molecule has 26 heavy (non-hydrogen) atoms. The van der Waals surface area contributed by atoms with Crippen LogP contribution in [0, 0.1) is 6.92 Å². The van der Waals surface area contributed by atoms with Crippen LogP contribution in [0.3, 0.4) is 0 Å². The molecule has 144 valence electrons. The van der Waals surface area contributed by atoms with Gasteiger partial charge in [0, 0.05) is 38.4 Å². The van der Waals surface area contributed by atoms with Gasteiger partial charge in [-0.15, -0.1) is 24.8 Å². The smallest absolute Gasteiger partial charge is 0.137 e. The summed E-state index contributed by atoms with van der Waals surface area (Å²) < 4.78 is 5.73. The lowest BCUT2D eigenvalue weighted by atomic mass is 10.1. The van der Waals surface area contributed by atoms with Crippen LogP contribution in [0.25, 0.3) is 0 Å². The van der Waals surface area contributed by atoms with Crippen molar-refractivity contribution in [3.8, 4) is 5.75 Å². The number of piperazine rings is 1. The molecule has 0 saturated carbocycles. The van der Waals surface area contributed by atoms with Crippen molar-refractivity contribution >= 4 is 24.8 Å². The number of benzene rings is 1. The number of aryl methyl sites for hydroxylation is 2. The molecule has 0 bridgehead atoms. The maximum atomic E-state index is 5.73. The van der Waals surface area contributed by atoms with Crippen LogP contribution in [0.4, 0.5) is 0 Å². The molecule has 2 aromatic rings. The van der Waals surface area contributed by atoms with Crippen LogP contribution in [0.15, 0.2) is 42.6 Å². The quantitative estimate of drug-likeness (QED) is 0.723. The van der Waals surface area contributed by atoms with Gasteiger partial charge in [0.1, 0.15) is 5.75 Å². The highest BCUT2D eigenvalue weighted by atomic mass is 35.5. The van der Waals surface area contributed by atoms with Gasteiger partial charge in [-0.25, -0.2) is 0 Å². The van der Waals surface area contributed by atoms with E-state index >= 15 is 0 Å². The summed E-state index contributed by atoms with van der Waals surface area (Å²) in [5.41, 5.74) is 3.80. The minimum absolute atomic E-state index is 0. The number of hydrogen-bond donors (Lipinski definition) is 1. The van der Waals surface area contributed by atoms with Gasteiger partial charge in [-0.05, 0) is 43.0 Å². The largest absolute Gasteiger partial charge is 0.492 e. The fourth-order valence-electron chi connectivity index (χ4n) is 2.94. The average molecular weight is 398 g/mol. The Morgan fingerprint density at radius 2 is 1.69 bits per heavy atom. The van der Waals surface area contributed by atoms with Crippen molar-refractivity contribution in [2.45, 2.75) is 26.3 Å².